The molecule has 0 N–H and O–H groups in total. The maximum absolute atomic E-state index is 13.5. The molecule has 32 heavy (non-hydrogen) atoms. The van der Waals surface area contributed by atoms with E-state index in [0.29, 0.717) is 27.2 Å². The van der Waals surface area contributed by atoms with E-state index in [4.69, 9.17) is 28.8 Å². The van der Waals surface area contributed by atoms with Gasteiger partial charge in [-0.05, 0) is 68.4 Å². The van der Waals surface area contributed by atoms with Gasteiger partial charge in [-0.1, -0.05) is 50.2 Å². The van der Waals surface area contributed by atoms with Crippen LogP contribution in [0.3, 0.4) is 0 Å². The fourth-order valence-corrected chi connectivity index (χ4v) is 5.02. The van der Waals surface area contributed by atoms with E-state index in [2.05, 4.69) is 18.7 Å². The average molecular weight is 480 g/mol. The lowest BCUT2D eigenvalue weighted by atomic mass is 9.85. The Hall–Kier alpha value is -1.96. The molecular weight excluding hydrogens is 455 g/mol. The van der Waals surface area contributed by atoms with Crippen molar-refractivity contribution in [3.05, 3.63) is 59.1 Å². The quantitative estimate of drug-likeness (QED) is 0.437. The smallest absolute Gasteiger partial charge is 0.293 e. The zero-order chi connectivity index (χ0) is 23.1. The van der Waals surface area contributed by atoms with Crippen LogP contribution < -0.4 is 4.90 Å². The maximum atomic E-state index is 13.5. The van der Waals surface area contributed by atoms with Crippen molar-refractivity contribution in [3.8, 4) is 0 Å². The molecule has 0 bridgehead atoms. The zero-order valence-electron chi connectivity index (χ0n) is 18.0. The highest BCUT2D eigenvalue weighted by Gasteiger charge is 2.52. The number of aliphatic imine (C=N–C) groups is 1. The highest BCUT2D eigenvalue weighted by Crippen LogP contribution is 2.43. The van der Waals surface area contributed by atoms with E-state index in [1.54, 1.807) is 35.2 Å². The molecule has 4 rings (SSSR count). The lowest BCUT2D eigenvalue weighted by Crippen LogP contribution is -2.49. The molecular formula is C24H25ClF3N3S. The number of rotatable bonds is 3. The van der Waals surface area contributed by atoms with Gasteiger partial charge >= 0.3 is 6.18 Å². The van der Waals surface area contributed by atoms with Crippen LogP contribution in [0.1, 0.15) is 38.7 Å². The summed E-state index contributed by atoms with van der Waals surface area (Å²) in [5.41, 5.74) is -0.122. The van der Waals surface area contributed by atoms with Crippen molar-refractivity contribution in [3.63, 3.8) is 0 Å². The SMILES string of the molecule is CC1(C)C(=S)N(c2cccc(C(F)(F)F)c2)C(=Nc2ccc(Cl)cc2)C1N1CCCCC1. The summed E-state index contributed by atoms with van der Waals surface area (Å²) in [4.78, 5) is 9.60. The molecule has 2 aromatic carbocycles. The van der Waals surface area contributed by atoms with Crippen LogP contribution in [0, 0.1) is 5.41 Å². The third kappa shape index (κ3) is 4.43. The van der Waals surface area contributed by atoms with Gasteiger partial charge in [-0.25, -0.2) is 4.99 Å². The van der Waals surface area contributed by atoms with Crippen LogP contribution in [-0.4, -0.2) is 34.9 Å². The minimum absolute atomic E-state index is 0.138. The summed E-state index contributed by atoms with van der Waals surface area (Å²) < 4.78 is 40.4. The van der Waals surface area contributed by atoms with Crippen LogP contribution in [0.15, 0.2) is 53.5 Å². The van der Waals surface area contributed by atoms with E-state index in [0.717, 1.165) is 38.1 Å². The second-order valence-electron chi connectivity index (χ2n) is 8.86. The van der Waals surface area contributed by atoms with Gasteiger partial charge in [-0.2, -0.15) is 13.2 Å². The van der Waals surface area contributed by atoms with E-state index >= 15 is 0 Å². The fourth-order valence-electron chi connectivity index (χ4n) is 4.58. The van der Waals surface area contributed by atoms with Gasteiger partial charge in [0.2, 0.25) is 0 Å². The summed E-state index contributed by atoms with van der Waals surface area (Å²) in [5, 5.41) is 0.596. The Morgan fingerprint density at radius 1 is 1.03 bits per heavy atom. The lowest BCUT2D eigenvalue weighted by Gasteiger charge is -2.38. The molecule has 2 heterocycles. The van der Waals surface area contributed by atoms with Gasteiger partial charge in [0.25, 0.3) is 0 Å². The molecule has 0 spiro atoms. The molecule has 2 saturated heterocycles. The molecule has 170 valence electrons. The molecule has 2 aromatic rings. The Labute approximate surface area is 196 Å². The molecule has 1 atom stereocenters. The number of amidine groups is 1. The standard InChI is InChI=1S/C24H25ClF3N3S/c1-23(2)20(30-13-4-3-5-14-30)21(29-18-11-9-17(25)10-12-18)31(22(23)32)19-8-6-7-16(15-19)24(26,27)28/h6-12,15,20H,3-5,13-14H2,1-2H3. The molecule has 2 aliphatic heterocycles. The molecule has 3 nitrogen and oxygen atoms in total. The van der Waals surface area contributed by atoms with Gasteiger partial charge in [-0.3, -0.25) is 9.80 Å². The monoisotopic (exact) mass is 479 g/mol. The number of thiocarbonyl (C=S) groups is 1. The van der Waals surface area contributed by atoms with Crippen molar-refractivity contribution in [2.24, 2.45) is 10.4 Å². The summed E-state index contributed by atoms with van der Waals surface area (Å²) in [6, 6.07) is 12.3. The van der Waals surface area contributed by atoms with Crippen molar-refractivity contribution >= 4 is 46.0 Å². The van der Waals surface area contributed by atoms with Crippen LogP contribution in [0.25, 0.3) is 0 Å². The number of piperidine rings is 1. The summed E-state index contributed by atoms with van der Waals surface area (Å²) >= 11 is 11.9. The molecule has 2 aliphatic rings. The van der Waals surface area contributed by atoms with E-state index in [1.165, 1.54) is 12.5 Å². The first-order valence-corrected chi connectivity index (χ1v) is 11.5. The van der Waals surface area contributed by atoms with Gasteiger partial charge in [0.1, 0.15) is 5.84 Å². The van der Waals surface area contributed by atoms with Crippen molar-refractivity contribution in [2.75, 3.05) is 18.0 Å². The van der Waals surface area contributed by atoms with E-state index in [9.17, 15) is 13.2 Å². The molecule has 1 unspecified atom stereocenters. The van der Waals surface area contributed by atoms with Crippen LogP contribution in [-0.2, 0) is 6.18 Å². The van der Waals surface area contributed by atoms with E-state index in [1.807, 2.05) is 0 Å². The van der Waals surface area contributed by atoms with Gasteiger partial charge in [0, 0.05) is 16.1 Å². The summed E-state index contributed by atoms with van der Waals surface area (Å²) in [6.07, 6.45) is -1.10. The fraction of sp³-hybridized carbons (Fsp3) is 0.417. The molecule has 2 fully saturated rings. The number of benzene rings is 2. The number of anilines is 1. The molecule has 0 radical (unpaired) electrons. The minimum Gasteiger partial charge on any atom is -0.293 e. The summed E-state index contributed by atoms with van der Waals surface area (Å²) in [6.45, 7) is 5.93. The second-order valence-corrected chi connectivity index (χ2v) is 9.68. The van der Waals surface area contributed by atoms with Crippen molar-refractivity contribution in [2.45, 2.75) is 45.3 Å². The topological polar surface area (TPSA) is 18.8 Å². The van der Waals surface area contributed by atoms with Crippen LogP contribution in [0.4, 0.5) is 24.5 Å². The number of alkyl halides is 3. The Kier molecular flexibility index (Phi) is 6.36. The van der Waals surface area contributed by atoms with E-state index in [-0.39, 0.29) is 6.04 Å². The van der Waals surface area contributed by atoms with Crippen molar-refractivity contribution < 1.29 is 13.2 Å². The largest absolute Gasteiger partial charge is 0.416 e. The number of hydrogen-bond donors (Lipinski definition) is 0. The molecule has 8 heteroatoms. The normalized spacial score (nSPS) is 23.2. The first-order chi connectivity index (χ1) is 15.1. The molecule has 0 aromatic heterocycles. The van der Waals surface area contributed by atoms with Crippen LogP contribution in [0.2, 0.25) is 5.02 Å². The van der Waals surface area contributed by atoms with Gasteiger partial charge in [-0.15, -0.1) is 0 Å². The number of nitrogens with zero attached hydrogens (tertiary/aromatic N) is 3. The Balaban J connectivity index is 1.86. The summed E-state index contributed by atoms with van der Waals surface area (Å²) in [5.74, 6) is 0.656. The molecule has 0 saturated carbocycles. The first-order valence-electron chi connectivity index (χ1n) is 10.7. The average Bonchev–Trinajstić information content (AvgIpc) is 2.95. The first kappa shape index (κ1) is 23.2. The minimum atomic E-state index is -4.44. The van der Waals surface area contributed by atoms with Gasteiger partial charge in [0.05, 0.1) is 22.3 Å². The van der Waals surface area contributed by atoms with E-state index < -0.39 is 17.2 Å². The second kappa shape index (κ2) is 8.76. The van der Waals surface area contributed by atoms with Crippen molar-refractivity contribution in [1.82, 2.24) is 4.90 Å². The number of hydrogen-bond acceptors (Lipinski definition) is 3. The van der Waals surface area contributed by atoms with Crippen LogP contribution >= 0.6 is 23.8 Å². The number of halogens is 4. The van der Waals surface area contributed by atoms with Gasteiger partial charge < -0.3 is 0 Å². The highest BCUT2D eigenvalue weighted by molar-refractivity contribution is 7.80. The zero-order valence-corrected chi connectivity index (χ0v) is 19.6. The predicted molar refractivity (Wildman–Crippen MR) is 128 cm³/mol. The number of likely N-dealkylation sites (tertiary alicyclic amines) is 1. The Bertz CT molecular complexity index is 1030. The lowest BCUT2D eigenvalue weighted by molar-refractivity contribution is -0.137. The summed E-state index contributed by atoms with van der Waals surface area (Å²) in [7, 11) is 0. The van der Waals surface area contributed by atoms with Gasteiger partial charge in [0.15, 0.2) is 0 Å². The highest BCUT2D eigenvalue weighted by atomic mass is 35.5. The molecule has 0 amide bonds. The third-order valence-electron chi connectivity index (χ3n) is 6.17. The Morgan fingerprint density at radius 3 is 2.31 bits per heavy atom. The van der Waals surface area contributed by atoms with Crippen LogP contribution in [0.5, 0.6) is 0 Å². The van der Waals surface area contributed by atoms with Crippen molar-refractivity contribution in [1.29, 1.82) is 0 Å². The Morgan fingerprint density at radius 2 is 1.69 bits per heavy atom. The third-order valence-corrected chi connectivity index (χ3v) is 7.13. The molecule has 0 aliphatic carbocycles. The maximum Gasteiger partial charge on any atom is 0.416 e. The predicted octanol–water partition coefficient (Wildman–Crippen LogP) is 7.12.